The molecule has 0 bridgehead atoms. The first kappa shape index (κ1) is 15.2. The number of amides is 1. The van der Waals surface area contributed by atoms with E-state index in [1.54, 1.807) is 0 Å². The van der Waals surface area contributed by atoms with E-state index in [1.165, 1.54) is 6.92 Å². The summed E-state index contributed by atoms with van der Waals surface area (Å²) in [6, 6.07) is 4.90. The van der Waals surface area contributed by atoms with Gasteiger partial charge < -0.3 is 10.2 Å². The Balaban J connectivity index is 2.36. The summed E-state index contributed by atoms with van der Waals surface area (Å²) in [7, 11) is 0. The third kappa shape index (κ3) is 3.12. The average molecular weight is 288 g/mol. The van der Waals surface area contributed by atoms with Crippen LogP contribution in [0, 0.1) is 6.92 Å². The van der Waals surface area contributed by atoms with E-state index >= 15 is 0 Å². The van der Waals surface area contributed by atoms with E-state index in [4.69, 9.17) is 0 Å². The summed E-state index contributed by atoms with van der Waals surface area (Å²) in [6.07, 6.45) is 0.648. The zero-order chi connectivity index (χ0) is 15.6. The molecule has 1 N–H and O–H groups in total. The van der Waals surface area contributed by atoms with Gasteiger partial charge in [0.05, 0.1) is 0 Å². The van der Waals surface area contributed by atoms with Crippen LogP contribution >= 0.6 is 0 Å². The summed E-state index contributed by atoms with van der Waals surface area (Å²) in [5.41, 5.74) is 2.42. The van der Waals surface area contributed by atoms with E-state index in [0.29, 0.717) is 25.1 Å². The summed E-state index contributed by atoms with van der Waals surface area (Å²) in [5, 5.41) is 2.77. The summed E-state index contributed by atoms with van der Waals surface area (Å²) in [6.45, 7) is 5.83. The van der Waals surface area contributed by atoms with E-state index in [1.807, 2.05) is 36.9 Å². The molecule has 0 aliphatic heterocycles. The maximum atomic E-state index is 12.0. The molecule has 1 fully saturated rings. The van der Waals surface area contributed by atoms with Crippen LogP contribution in [0.1, 0.15) is 32.3 Å². The molecule has 1 aliphatic carbocycles. The van der Waals surface area contributed by atoms with Crippen LogP contribution in [0.4, 0.5) is 11.4 Å². The molecule has 0 heterocycles. The van der Waals surface area contributed by atoms with E-state index in [2.05, 4.69) is 5.32 Å². The summed E-state index contributed by atoms with van der Waals surface area (Å²) >= 11 is 0. The Kier molecular flexibility index (Phi) is 4.40. The number of hydrogen-bond acceptors (Lipinski definition) is 4. The van der Waals surface area contributed by atoms with Crippen LogP contribution in [0.5, 0.6) is 0 Å². The Morgan fingerprint density at radius 3 is 2.43 bits per heavy atom. The molecule has 2 rings (SSSR count). The molecule has 1 aromatic rings. The van der Waals surface area contributed by atoms with Gasteiger partial charge in [-0.1, -0.05) is 6.07 Å². The van der Waals surface area contributed by atoms with Gasteiger partial charge in [0.15, 0.2) is 11.6 Å². The third-order valence-electron chi connectivity index (χ3n) is 3.74. The molecule has 1 amide bonds. The van der Waals surface area contributed by atoms with Crippen LogP contribution in [0.2, 0.25) is 0 Å². The molecule has 0 spiro atoms. The number of carbonyl (C=O) groups is 3. The normalized spacial score (nSPS) is 15.4. The number of Topliss-reactive ketones (excluding diaryl/α,β-unsaturated/α-hetero) is 2. The highest BCUT2D eigenvalue weighted by Crippen LogP contribution is 2.28. The molecule has 0 saturated heterocycles. The summed E-state index contributed by atoms with van der Waals surface area (Å²) in [5.74, 6) is -0.196. The summed E-state index contributed by atoms with van der Waals surface area (Å²) < 4.78 is 0. The number of aryl methyl sites for hydroxylation is 1. The molecule has 21 heavy (non-hydrogen) atoms. The fraction of sp³-hybridized carbons (Fsp3) is 0.438. The van der Waals surface area contributed by atoms with Crippen molar-refractivity contribution < 1.29 is 14.4 Å². The number of anilines is 2. The van der Waals surface area contributed by atoms with Crippen LogP contribution in [0.15, 0.2) is 18.2 Å². The number of likely N-dealkylation sites (N-methyl/N-ethyl adjacent to an activating group) is 1. The second-order valence-electron chi connectivity index (χ2n) is 5.30. The molecular formula is C16H20N2O3. The number of nitrogens with one attached hydrogen (secondary N) is 1. The van der Waals surface area contributed by atoms with Gasteiger partial charge in [0.1, 0.15) is 6.04 Å². The van der Waals surface area contributed by atoms with Gasteiger partial charge in [-0.15, -0.1) is 0 Å². The van der Waals surface area contributed by atoms with Gasteiger partial charge >= 0.3 is 0 Å². The lowest BCUT2D eigenvalue weighted by Crippen LogP contribution is -2.42. The van der Waals surface area contributed by atoms with Gasteiger partial charge in [0.2, 0.25) is 5.91 Å². The Hall–Kier alpha value is -2.17. The predicted molar refractivity (Wildman–Crippen MR) is 81.5 cm³/mol. The zero-order valence-electron chi connectivity index (χ0n) is 12.6. The fourth-order valence-electron chi connectivity index (χ4n) is 2.67. The first-order valence-electron chi connectivity index (χ1n) is 7.14. The van der Waals surface area contributed by atoms with Gasteiger partial charge in [0, 0.05) is 37.7 Å². The Labute approximate surface area is 124 Å². The number of benzene rings is 1. The van der Waals surface area contributed by atoms with Crippen molar-refractivity contribution in [2.45, 2.75) is 39.7 Å². The third-order valence-corrected chi connectivity index (χ3v) is 3.74. The number of carbonyl (C=O) groups excluding carboxylic acids is 3. The van der Waals surface area contributed by atoms with E-state index in [0.717, 1.165) is 11.3 Å². The molecule has 112 valence electrons. The quantitative estimate of drug-likeness (QED) is 0.861. The van der Waals surface area contributed by atoms with Gasteiger partial charge in [0.25, 0.3) is 0 Å². The van der Waals surface area contributed by atoms with Crippen molar-refractivity contribution in [2.75, 3.05) is 16.8 Å². The second kappa shape index (κ2) is 6.08. The average Bonchev–Trinajstić information content (AvgIpc) is 2.75. The minimum absolute atomic E-state index is 0.0245. The van der Waals surface area contributed by atoms with E-state index < -0.39 is 6.04 Å². The molecule has 1 aromatic carbocycles. The van der Waals surface area contributed by atoms with Gasteiger partial charge in [-0.05, 0) is 31.5 Å². The van der Waals surface area contributed by atoms with Crippen molar-refractivity contribution in [2.24, 2.45) is 0 Å². The standard InChI is InChI=1S/C16H20N2O3/c1-4-18(16-14(20)7-8-15(16)21)12-6-5-10(2)13(9-12)17-11(3)19/h5-6,9,16H,4,7-8H2,1-3H3,(H,17,19). The molecule has 5 heteroatoms. The lowest BCUT2D eigenvalue weighted by atomic mass is 10.1. The number of rotatable bonds is 4. The van der Waals surface area contributed by atoms with E-state index in [9.17, 15) is 14.4 Å². The maximum Gasteiger partial charge on any atom is 0.221 e. The first-order valence-corrected chi connectivity index (χ1v) is 7.14. The van der Waals surface area contributed by atoms with Gasteiger partial charge in [-0.2, -0.15) is 0 Å². The van der Waals surface area contributed by atoms with Gasteiger partial charge in [-0.3, -0.25) is 14.4 Å². The monoisotopic (exact) mass is 288 g/mol. The highest BCUT2D eigenvalue weighted by molar-refractivity contribution is 6.14. The maximum absolute atomic E-state index is 12.0. The van der Waals surface area contributed by atoms with Crippen molar-refractivity contribution in [1.82, 2.24) is 0 Å². The molecular weight excluding hydrogens is 268 g/mol. The molecule has 0 aromatic heterocycles. The zero-order valence-corrected chi connectivity index (χ0v) is 12.6. The van der Waals surface area contributed by atoms with Crippen molar-refractivity contribution in [3.05, 3.63) is 23.8 Å². The minimum atomic E-state index is -0.678. The Morgan fingerprint density at radius 2 is 1.90 bits per heavy atom. The van der Waals surface area contributed by atoms with Gasteiger partial charge in [-0.25, -0.2) is 0 Å². The molecule has 0 atom stereocenters. The number of nitrogens with zero attached hydrogens (tertiary/aromatic N) is 1. The Bertz CT molecular complexity index is 579. The lowest BCUT2D eigenvalue weighted by Gasteiger charge is -2.28. The van der Waals surface area contributed by atoms with Crippen LogP contribution in [-0.2, 0) is 14.4 Å². The van der Waals surface area contributed by atoms with Crippen LogP contribution in [0.3, 0.4) is 0 Å². The minimum Gasteiger partial charge on any atom is -0.355 e. The number of hydrogen-bond donors (Lipinski definition) is 1. The van der Waals surface area contributed by atoms with Crippen LogP contribution in [0.25, 0.3) is 0 Å². The SMILES string of the molecule is CCN(c1ccc(C)c(NC(C)=O)c1)C1C(=O)CCC1=O. The first-order chi connectivity index (χ1) is 9.93. The topological polar surface area (TPSA) is 66.5 Å². The molecule has 0 unspecified atom stereocenters. The van der Waals surface area contributed by atoms with Crippen molar-refractivity contribution in [3.63, 3.8) is 0 Å². The lowest BCUT2D eigenvalue weighted by molar-refractivity contribution is -0.123. The van der Waals surface area contributed by atoms with Crippen molar-refractivity contribution >= 4 is 28.8 Å². The fourth-order valence-corrected chi connectivity index (χ4v) is 2.67. The van der Waals surface area contributed by atoms with Crippen molar-refractivity contribution in [3.8, 4) is 0 Å². The van der Waals surface area contributed by atoms with Crippen LogP contribution in [-0.4, -0.2) is 30.1 Å². The highest BCUT2D eigenvalue weighted by Gasteiger charge is 2.37. The largest absolute Gasteiger partial charge is 0.355 e. The molecule has 5 nitrogen and oxygen atoms in total. The molecule has 1 saturated carbocycles. The Morgan fingerprint density at radius 1 is 1.29 bits per heavy atom. The van der Waals surface area contributed by atoms with E-state index in [-0.39, 0.29) is 17.5 Å². The summed E-state index contributed by atoms with van der Waals surface area (Å²) in [4.78, 5) is 37.0. The second-order valence-corrected chi connectivity index (χ2v) is 5.30. The van der Waals surface area contributed by atoms with Crippen LogP contribution < -0.4 is 10.2 Å². The highest BCUT2D eigenvalue weighted by atomic mass is 16.2. The molecule has 1 aliphatic rings. The molecule has 0 radical (unpaired) electrons. The van der Waals surface area contributed by atoms with Crippen molar-refractivity contribution in [1.29, 1.82) is 0 Å². The predicted octanol–water partition coefficient (Wildman–Crippen LogP) is 2.08. The number of ketones is 2. The smallest absolute Gasteiger partial charge is 0.221 e.